The van der Waals surface area contributed by atoms with Gasteiger partial charge in [-0.15, -0.1) is 0 Å². The van der Waals surface area contributed by atoms with Crippen molar-refractivity contribution in [3.63, 3.8) is 0 Å². The molecule has 0 aliphatic heterocycles. The standard InChI is InChI=1S/C11H23N/c1-4-7-11(12-3)8-5-10(2)6-9-11/h10,12H,4-9H2,1-3H3. The van der Waals surface area contributed by atoms with Crippen LogP contribution in [-0.2, 0) is 0 Å². The van der Waals surface area contributed by atoms with Crippen LogP contribution in [0, 0.1) is 5.92 Å². The molecule has 0 spiro atoms. The van der Waals surface area contributed by atoms with Crippen LogP contribution in [0.25, 0.3) is 0 Å². The van der Waals surface area contributed by atoms with Gasteiger partial charge in [-0.3, -0.25) is 0 Å². The Bertz CT molecular complexity index is 123. The van der Waals surface area contributed by atoms with Gasteiger partial charge >= 0.3 is 0 Å². The normalized spacial score (nSPS) is 36.8. The predicted octanol–water partition coefficient (Wildman–Crippen LogP) is 2.95. The molecule has 0 aromatic heterocycles. The van der Waals surface area contributed by atoms with E-state index < -0.39 is 0 Å². The third kappa shape index (κ3) is 2.22. The highest BCUT2D eigenvalue weighted by molar-refractivity contribution is 4.90. The molecule has 0 saturated heterocycles. The van der Waals surface area contributed by atoms with Gasteiger partial charge in [0.15, 0.2) is 0 Å². The minimum Gasteiger partial charge on any atom is -0.314 e. The van der Waals surface area contributed by atoms with Crippen molar-refractivity contribution in [3.8, 4) is 0 Å². The van der Waals surface area contributed by atoms with Gasteiger partial charge in [0.05, 0.1) is 0 Å². The lowest BCUT2D eigenvalue weighted by atomic mass is 9.75. The summed E-state index contributed by atoms with van der Waals surface area (Å²) in [6, 6.07) is 0. The first-order chi connectivity index (χ1) is 5.72. The third-order valence-electron chi connectivity index (χ3n) is 3.49. The van der Waals surface area contributed by atoms with Gasteiger partial charge in [0.2, 0.25) is 0 Å². The quantitative estimate of drug-likeness (QED) is 0.685. The Morgan fingerprint density at radius 1 is 1.33 bits per heavy atom. The van der Waals surface area contributed by atoms with E-state index in [0.29, 0.717) is 5.54 Å². The molecule has 1 nitrogen and oxygen atoms in total. The fourth-order valence-electron chi connectivity index (χ4n) is 2.42. The zero-order valence-electron chi connectivity index (χ0n) is 8.82. The lowest BCUT2D eigenvalue weighted by Crippen LogP contribution is -2.45. The van der Waals surface area contributed by atoms with Crippen molar-refractivity contribution in [2.45, 2.75) is 57.9 Å². The predicted molar refractivity (Wildman–Crippen MR) is 54.3 cm³/mol. The largest absolute Gasteiger partial charge is 0.314 e. The Hall–Kier alpha value is -0.0400. The molecular formula is C11H23N. The van der Waals surface area contributed by atoms with Gasteiger partial charge in [-0.2, -0.15) is 0 Å². The molecule has 1 saturated carbocycles. The fraction of sp³-hybridized carbons (Fsp3) is 1.00. The first kappa shape index (κ1) is 10.0. The van der Waals surface area contributed by atoms with E-state index in [2.05, 4.69) is 26.2 Å². The molecule has 1 aliphatic carbocycles. The van der Waals surface area contributed by atoms with E-state index in [4.69, 9.17) is 0 Å². The van der Waals surface area contributed by atoms with E-state index >= 15 is 0 Å². The van der Waals surface area contributed by atoms with Gasteiger partial charge in [0, 0.05) is 5.54 Å². The van der Waals surface area contributed by atoms with Gasteiger partial charge in [-0.1, -0.05) is 20.3 Å². The molecule has 12 heavy (non-hydrogen) atoms. The summed E-state index contributed by atoms with van der Waals surface area (Å²) in [5, 5.41) is 3.54. The van der Waals surface area contributed by atoms with Gasteiger partial charge < -0.3 is 5.32 Å². The van der Waals surface area contributed by atoms with Crippen LogP contribution < -0.4 is 5.32 Å². The molecule has 0 radical (unpaired) electrons. The molecule has 1 aliphatic rings. The zero-order chi connectivity index (χ0) is 9.03. The molecule has 0 amide bonds. The molecule has 0 aromatic carbocycles. The van der Waals surface area contributed by atoms with Crippen LogP contribution in [0.2, 0.25) is 0 Å². The first-order valence-electron chi connectivity index (χ1n) is 5.41. The third-order valence-corrected chi connectivity index (χ3v) is 3.49. The summed E-state index contributed by atoms with van der Waals surface area (Å²) in [6.07, 6.45) is 8.28. The van der Waals surface area contributed by atoms with Crippen LogP contribution in [0.15, 0.2) is 0 Å². The van der Waals surface area contributed by atoms with Crippen molar-refractivity contribution in [1.82, 2.24) is 5.32 Å². The first-order valence-corrected chi connectivity index (χ1v) is 5.41. The topological polar surface area (TPSA) is 12.0 Å². The van der Waals surface area contributed by atoms with Crippen molar-refractivity contribution < 1.29 is 0 Å². The molecule has 0 unspecified atom stereocenters. The van der Waals surface area contributed by atoms with E-state index in [1.165, 1.54) is 38.5 Å². The Morgan fingerprint density at radius 2 is 1.92 bits per heavy atom. The van der Waals surface area contributed by atoms with E-state index in [1.54, 1.807) is 0 Å². The van der Waals surface area contributed by atoms with E-state index in [-0.39, 0.29) is 0 Å². The molecule has 1 fully saturated rings. The highest BCUT2D eigenvalue weighted by Gasteiger charge is 2.31. The summed E-state index contributed by atoms with van der Waals surface area (Å²) in [6.45, 7) is 4.67. The number of hydrogen-bond acceptors (Lipinski definition) is 1. The lowest BCUT2D eigenvalue weighted by molar-refractivity contribution is 0.193. The number of rotatable bonds is 3. The molecule has 0 aromatic rings. The summed E-state index contributed by atoms with van der Waals surface area (Å²) in [5.41, 5.74) is 0.501. The smallest absolute Gasteiger partial charge is 0.0178 e. The van der Waals surface area contributed by atoms with Crippen molar-refractivity contribution >= 4 is 0 Å². The van der Waals surface area contributed by atoms with Gasteiger partial charge in [-0.25, -0.2) is 0 Å². The average molecular weight is 169 g/mol. The van der Waals surface area contributed by atoms with E-state index in [9.17, 15) is 0 Å². The summed E-state index contributed by atoms with van der Waals surface area (Å²) in [7, 11) is 2.13. The summed E-state index contributed by atoms with van der Waals surface area (Å²) in [4.78, 5) is 0. The van der Waals surface area contributed by atoms with Crippen molar-refractivity contribution in [2.24, 2.45) is 5.92 Å². The highest BCUT2D eigenvalue weighted by Crippen LogP contribution is 2.34. The van der Waals surface area contributed by atoms with Crippen molar-refractivity contribution in [3.05, 3.63) is 0 Å². The van der Waals surface area contributed by atoms with E-state index in [0.717, 1.165) is 5.92 Å². The maximum Gasteiger partial charge on any atom is 0.0178 e. The monoisotopic (exact) mass is 169 g/mol. The second-order valence-electron chi connectivity index (χ2n) is 4.46. The molecule has 1 heteroatoms. The Kier molecular flexibility index (Phi) is 3.57. The Balaban J connectivity index is 2.45. The lowest BCUT2D eigenvalue weighted by Gasteiger charge is -2.39. The number of nitrogens with one attached hydrogen (secondary N) is 1. The minimum absolute atomic E-state index is 0.501. The number of hydrogen-bond donors (Lipinski definition) is 1. The SMILES string of the molecule is CCCC1(NC)CCC(C)CC1. The second kappa shape index (κ2) is 4.27. The summed E-state index contributed by atoms with van der Waals surface area (Å²) in [5.74, 6) is 0.961. The van der Waals surface area contributed by atoms with Crippen LogP contribution in [0.4, 0.5) is 0 Å². The van der Waals surface area contributed by atoms with Crippen LogP contribution >= 0.6 is 0 Å². The fourth-order valence-corrected chi connectivity index (χ4v) is 2.42. The molecule has 1 N–H and O–H groups in total. The Morgan fingerprint density at radius 3 is 2.33 bits per heavy atom. The van der Waals surface area contributed by atoms with Crippen LogP contribution in [-0.4, -0.2) is 12.6 Å². The van der Waals surface area contributed by atoms with Crippen LogP contribution in [0.5, 0.6) is 0 Å². The van der Waals surface area contributed by atoms with Crippen LogP contribution in [0.3, 0.4) is 0 Å². The maximum atomic E-state index is 3.54. The molecule has 1 rings (SSSR count). The van der Waals surface area contributed by atoms with Gasteiger partial charge in [0.1, 0.15) is 0 Å². The van der Waals surface area contributed by atoms with Gasteiger partial charge in [0.25, 0.3) is 0 Å². The second-order valence-corrected chi connectivity index (χ2v) is 4.46. The van der Waals surface area contributed by atoms with Crippen molar-refractivity contribution in [2.75, 3.05) is 7.05 Å². The molecule has 0 heterocycles. The summed E-state index contributed by atoms with van der Waals surface area (Å²) >= 11 is 0. The highest BCUT2D eigenvalue weighted by atomic mass is 14.9. The molecular weight excluding hydrogens is 146 g/mol. The van der Waals surface area contributed by atoms with Gasteiger partial charge in [-0.05, 0) is 45.1 Å². The molecule has 0 bridgehead atoms. The molecule has 72 valence electrons. The summed E-state index contributed by atoms with van der Waals surface area (Å²) < 4.78 is 0. The van der Waals surface area contributed by atoms with Crippen LogP contribution in [0.1, 0.15) is 52.4 Å². The van der Waals surface area contributed by atoms with E-state index in [1.807, 2.05) is 0 Å². The maximum absolute atomic E-state index is 3.54. The van der Waals surface area contributed by atoms with Crippen molar-refractivity contribution in [1.29, 1.82) is 0 Å². The zero-order valence-corrected chi connectivity index (χ0v) is 8.82. The minimum atomic E-state index is 0.501. The Labute approximate surface area is 76.9 Å². The molecule has 0 atom stereocenters. The average Bonchev–Trinajstić information content (AvgIpc) is 2.10.